The summed E-state index contributed by atoms with van der Waals surface area (Å²) >= 11 is 0. The van der Waals surface area contributed by atoms with E-state index in [9.17, 15) is 4.79 Å². The van der Waals surface area contributed by atoms with Gasteiger partial charge in [0.05, 0.1) is 17.6 Å². The molecule has 0 aliphatic carbocycles. The summed E-state index contributed by atoms with van der Waals surface area (Å²) in [5.74, 6) is 1.70. The Morgan fingerprint density at radius 1 is 1.00 bits per heavy atom. The number of piperidine rings is 1. The number of carbonyl (C=O) groups excluding carboxylic acids is 1. The Labute approximate surface area is 202 Å². The van der Waals surface area contributed by atoms with Crippen LogP contribution < -0.4 is 10.1 Å². The Balaban J connectivity index is 1.63. The van der Waals surface area contributed by atoms with Crippen molar-refractivity contribution in [2.24, 2.45) is 0 Å². The van der Waals surface area contributed by atoms with E-state index in [4.69, 9.17) is 9.72 Å². The Hall–Kier alpha value is -3.06. The number of nitrogens with one attached hydrogen (secondary N) is 1. The lowest BCUT2D eigenvalue weighted by atomic mass is 10.1. The molecule has 0 bridgehead atoms. The van der Waals surface area contributed by atoms with Gasteiger partial charge >= 0.3 is 0 Å². The maximum Gasteiger partial charge on any atom is 0.253 e. The van der Waals surface area contributed by atoms with Crippen LogP contribution in [0.5, 0.6) is 5.75 Å². The molecule has 4 rings (SSSR count). The average molecular weight is 464 g/mol. The van der Waals surface area contributed by atoms with Gasteiger partial charge in [-0.1, -0.05) is 6.42 Å². The fourth-order valence-electron chi connectivity index (χ4n) is 4.63. The molecule has 1 amide bonds. The van der Waals surface area contributed by atoms with Crippen molar-refractivity contribution in [2.75, 3.05) is 44.6 Å². The van der Waals surface area contributed by atoms with Crippen molar-refractivity contribution in [3.63, 3.8) is 0 Å². The summed E-state index contributed by atoms with van der Waals surface area (Å²) in [7, 11) is 0. The predicted octanol–water partition coefficient (Wildman–Crippen LogP) is 5.15. The molecule has 3 aromatic rings. The summed E-state index contributed by atoms with van der Waals surface area (Å²) in [6, 6.07) is 13.8. The number of carbonyl (C=O) groups is 1. The van der Waals surface area contributed by atoms with Gasteiger partial charge in [-0.3, -0.25) is 4.79 Å². The van der Waals surface area contributed by atoms with Gasteiger partial charge in [0, 0.05) is 37.4 Å². The molecule has 1 fully saturated rings. The standard InChI is InChI=1S/C27H37N5O2/c1-4-31(5-2)26(33)21-10-15-25-24(20-21)29-27(28-22-11-13-23(14-12-22)34-6-3)32(25)19-18-30-16-8-7-9-17-30/h10-15,20H,4-9,16-19H2,1-3H3,(H,28,29). The largest absolute Gasteiger partial charge is 0.494 e. The fraction of sp³-hybridized carbons (Fsp3) is 0.481. The first-order valence-electron chi connectivity index (χ1n) is 12.6. The minimum absolute atomic E-state index is 0.0517. The van der Waals surface area contributed by atoms with Crippen molar-refractivity contribution in [3.05, 3.63) is 48.0 Å². The second-order valence-corrected chi connectivity index (χ2v) is 8.75. The molecular weight excluding hydrogens is 426 g/mol. The molecule has 0 saturated carbocycles. The van der Waals surface area contributed by atoms with Crippen LogP contribution in [0.25, 0.3) is 11.0 Å². The molecule has 0 spiro atoms. The van der Waals surface area contributed by atoms with Gasteiger partial charge in [-0.05, 0) is 89.2 Å². The number of hydrogen-bond acceptors (Lipinski definition) is 5. The summed E-state index contributed by atoms with van der Waals surface area (Å²) in [6.45, 7) is 12.2. The molecule has 2 heterocycles. The fourth-order valence-corrected chi connectivity index (χ4v) is 4.63. The Bertz CT molecular complexity index is 1080. The van der Waals surface area contributed by atoms with Crippen LogP contribution in [0.2, 0.25) is 0 Å². The van der Waals surface area contributed by atoms with E-state index in [0.29, 0.717) is 25.3 Å². The molecule has 7 heteroatoms. The van der Waals surface area contributed by atoms with Gasteiger partial charge in [0.15, 0.2) is 0 Å². The van der Waals surface area contributed by atoms with Crippen LogP contribution in [0.4, 0.5) is 11.6 Å². The van der Waals surface area contributed by atoms with Crippen LogP contribution in [0.3, 0.4) is 0 Å². The molecule has 1 saturated heterocycles. The predicted molar refractivity (Wildman–Crippen MR) is 138 cm³/mol. The maximum atomic E-state index is 12.9. The van der Waals surface area contributed by atoms with Crippen molar-refractivity contribution in [1.29, 1.82) is 0 Å². The van der Waals surface area contributed by atoms with Crippen molar-refractivity contribution in [3.8, 4) is 5.75 Å². The lowest BCUT2D eigenvalue weighted by Gasteiger charge is -2.26. The number of fused-ring (bicyclic) bond motifs is 1. The van der Waals surface area contributed by atoms with E-state index in [-0.39, 0.29) is 5.91 Å². The highest BCUT2D eigenvalue weighted by molar-refractivity contribution is 5.97. The third-order valence-corrected chi connectivity index (χ3v) is 6.56. The zero-order chi connectivity index (χ0) is 23.9. The smallest absolute Gasteiger partial charge is 0.253 e. The number of rotatable bonds is 10. The first-order valence-corrected chi connectivity index (χ1v) is 12.6. The van der Waals surface area contributed by atoms with E-state index in [1.165, 1.54) is 19.3 Å². The summed E-state index contributed by atoms with van der Waals surface area (Å²) in [5, 5.41) is 3.50. The van der Waals surface area contributed by atoms with Gasteiger partial charge in [-0.15, -0.1) is 0 Å². The van der Waals surface area contributed by atoms with Crippen molar-refractivity contribution in [1.82, 2.24) is 19.4 Å². The second-order valence-electron chi connectivity index (χ2n) is 8.75. The first kappa shape index (κ1) is 24.1. The normalized spacial score (nSPS) is 14.3. The third kappa shape index (κ3) is 5.53. The second kappa shape index (κ2) is 11.4. The SMILES string of the molecule is CCOc1ccc(Nc2nc3cc(C(=O)N(CC)CC)ccc3n2CCN2CCCCC2)cc1. The van der Waals surface area contributed by atoms with Crippen LogP contribution in [0.15, 0.2) is 42.5 Å². The summed E-state index contributed by atoms with van der Waals surface area (Å²) in [6.07, 6.45) is 3.88. The number of aromatic nitrogens is 2. The lowest BCUT2D eigenvalue weighted by molar-refractivity contribution is 0.0773. The maximum absolute atomic E-state index is 12.9. The van der Waals surface area contributed by atoms with Crippen LogP contribution in [-0.4, -0.2) is 64.6 Å². The Morgan fingerprint density at radius 3 is 2.41 bits per heavy atom. The zero-order valence-electron chi connectivity index (χ0n) is 20.7. The number of ether oxygens (including phenoxy) is 1. The van der Waals surface area contributed by atoms with Crippen LogP contribution in [0.1, 0.15) is 50.4 Å². The molecule has 1 aromatic heterocycles. The highest BCUT2D eigenvalue weighted by atomic mass is 16.5. The molecule has 1 aliphatic heterocycles. The number of benzene rings is 2. The lowest BCUT2D eigenvalue weighted by Crippen LogP contribution is -2.32. The van der Waals surface area contributed by atoms with Crippen molar-refractivity contribution in [2.45, 2.75) is 46.6 Å². The van der Waals surface area contributed by atoms with Gasteiger partial charge in [0.1, 0.15) is 5.75 Å². The molecule has 0 atom stereocenters. The zero-order valence-corrected chi connectivity index (χ0v) is 20.7. The van der Waals surface area contributed by atoms with Crippen molar-refractivity contribution < 1.29 is 9.53 Å². The quantitative estimate of drug-likeness (QED) is 0.451. The number of anilines is 2. The molecule has 7 nitrogen and oxygen atoms in total. The summed E-state index contributed by atoms with van der Waals surface area (Å²) < 4.78 is 7.81. The molecule has 0 radical (unpaired) electrons. The van der Waals surface area contributed by atoms with Crippen LogP contribution >= 0.6 is 0 Å². The molecule has 182 valence electrons. The van der Waals surface area contributed by atoms with E-state index < -0.39 is 0 Å². The van der Waals surface area contributed by atoms with E-state index in [0.717, 1.165) is 54.6 Å². The number of nitrogens with zero attached hydrogens (tertiary/aromatic N) is 4. The van der Waals surface area contributed by atoms with E-state index in [1.54, 1.807) is 0 Å². The molecular formula is C27H37N5O2. The Kier molecular flexibility index (Phi) is 8.06. The molecule has 1 N–H and O–H groups in total. The molecule has 1 aliphatic rings. The van der Waals surface area contributed by atoms with Gasteiger partial charge < -0.3 is 24.4 Å². The summed E-state index contributed by atoms with van der Waals surface area (Å²) in [4.78, 5) is 22.2. The van der Waals surface area contributed by atoms with E-state index in [1.807, 2.05) is 68.1 Å². The van der Waals surface area contributed by atoms with E-state index in [2.05, 4.69) is 14.8 Å². The molecule has 0 unspecified atom stereocenters. The highest BCUT2D eigenvalue weighted by Gasteiger charge is 2.18. The van der Waals surface area contributed by atoms with E-state index >= 15 is 0 Å². The van der Waals surface area contributed by atoms with Crippen molar-refractivity contribution >= 4 is 28.6 Å². The average Bonchev–Trinajstić information content (AvgIpc) is 3.21. The van der Waals surface area contributed by atoms with Gasteiger partial charge in [-0.2, -0.15) is 0 Å². The molecule has 2 aromatic carbocycles. The number of likely N-dealkylation sites (tertiary alicyclic amines) is 1. The minimum Gasteiger partial charge on any atom is -0.494 e. The minimum atomic E-state index is 0.0517. The third-order valence-electron chi connectivity index (χ3n) is 6.56. The Morgan fingerprint density at radius 2 is 1.74 bits per heavy atom. The summed E-state index contributed by atoms with van der Waals surface area (Å²) in [5.41, 5.74) is 3.52. The number of amides is 1. The van der Waals surface area contributed by atoms with Gasteiger partial charge in [-0.25, -0.2) is 4.98 Å². The van der Waals surface area contributed by atoms with Gasteiger partial charge in [0.2, 0.25) is 5.95 Å². The highest BCUT2D eigenvalue weighted by Crippen LogP contribution is 2.26. The van der Waals surface area contributed by atoms with Crippen LogP contribution in [-0.2, 0) is 6.54 Å². The topological polar surface area (TPSA) is 62.6 Å². The number of hydrogen-bond donors (Lipinski definition) is 1. The molecule has 34 heavy (non-hydrogen) atoms. The first-order chi connectivity index (χ1) is 16.6. The number of imidazole rings is 1. The van der Waals surface area contributed by atoms with Gasteiger partial charge in [0.25, 0.3) is 5.91 Å². The monoisotopic (exact) mass is 463 g/mol. The van der Waals surface area contributed by atoms with Crippen LogP contribution in [0, 0.1) is 0 Å².